The Hall–Kier alpha value is -2.32. The molecule has 2 aromatic carbocycles. The van der Waals surface area contributed by atoms with Crippen LogP contribution in [0.5, 0.6) is 5.75 Å². The van der Waals surface area contributed by atoms with Crippen molar-refractivity contribution < 1.29 is 9.53 Å². The molecule has 0 spiro atoms. The molecule has 1 unspecified atom stereocenters. The number of rotatable bonds is 9. The highest BCUT2D eigenvalue weighted by Crippen LogP contribution is 2.32. The largest absolute Gasteiger partial charge is 0.482 e. The van der Waals surface area contributed by atoms with Crippen LogP contribution in [-0.2, 0) is 4.79 Å². The third kappa shape index (κ3) is 6.38. The third-order valence-electron chi connectivity index (χ3n) is 5.21. The first-order chi connectivity index (χ1) is 15.7. The molecule has 0 aliphatic heterocycles. The Balaban J connectivity index is 1.72. The lowest BCUT2D eigenvalue weighted by Gasteiger charge is -2.21. The van der Waals surface area contributed by atoms with Gasteiger partial charge in [-0.2, -0.15) is 0 Å². The summed E-state index contributed by atoms with van der Waals surface area (Å²) in [6.07, 6.45) is -0.284. The normalized spacial score (nSPS) is 12.3. The molecule has 8 heteroatoms. The highest BCUT2D eigenvalue weighted by molar-refractivity contribution is 9.10. The van der Waals surface area contributed by atoms with Crippen LogP contribution >= 0.6 is 27.7 Å². The van der Waals surface area contributed by atoms with Crippen LogP contribution in [0.2, 0.25) is 0 Å². The molecule has 0 bridgehead atoms. The van der Waals surface area contributed by atoms with Crippen molar-refractivity contribution in [3.63, 3.8) is 0 Å². The second-order valence-electron chi connectivity index (χ2n) is 8.55. The van der Waals surface area contributed by atoms with Gasteiger partial charge in [0.05, 0.1) is 5.75 Å². The van der Waals surface area contributed by atoms with Crippen LogP contribution in [0.1, 0.15) is 69.6 Å². The van der Waals surface area contributed by atoms with Crippen molar-refractivity contribution >= 4 is 39.3 Å². The Morgan fingerprint density at radius 2 is 1.85 bits per heavy atom. The number of hydrogen-bond donors (Lipinski definition) is 1. The van der Waals surface area contributed by atoms with Crippen LogP contribution < -0.4 is 10.1 Å². The van der Waals surface area contributed by atoms with Gasteiger partial charge < -0.3 is 14.6 Å². The second kappa shape index (κ2) is 11.2. The number of halogens is 1. The molecule has 1 aromatic heterocycles. The zero-order valence-corrected chi connectivity index (χ0v) is 22.3. The van der Waals surface area contributed by atoms with Crippen molar-refractivity contribution in [3.05, 3.63) is 63.9 Å². The highest BCUT2D eigenvalue weighted by atomic mass is 79.9. The van der Waals surface area contributed by atoms with Crippen LogP contribution in [-0.4, -0.2) is 26.4 Å². The minimum Gasteiger partial charge on any atom is -0.482 e. The fourth-order valence-corrected chi connectivity index (χ4v) is 4.89. The number of anilines is 1. The smallest absolute Gasteiger partial charge is 0.234 e. The number of thioether (sulfide) groups is 1. The van der Waals surface area contributed by atoms with E-state index in [0.29, 0.717) is 11.1 Å². The van der Waals surface area contributed by atoms with E-state index in [0.717, 1.165) is 32.9 Å². The molecular weight excluding hydrogens is 500 g/mol. The zero-order valence-electron chi connectivity index (χ0n) is 19.9. The van der Waals surface area contributed by atoms with Crippen LogP contribution in [0, 0.1) is 6.92 Å². The summed E-state index contributed by atoms with van der Waals surface area (Å²) in [6.45, 7) is 12.4. The third-order valence-corrected chi connectivity index (χ3v) is 6.65. The van der Waals surface area contributed by atoms with Crippen molar-refractivity contribution in [2.75, 3.05) is 11.1 Å². The Morgan fingerprint density at radius 3 is 2.52 bits per heavy atom. The van der Waals surface area contributed by atoms with Gasteiger partial charge in [0.1, 0.15) is 5.75 Å². The molecule has 0 fully saturated rings. The average Bonchev–Trinajstić information content (AvgIpc) is 3.19. The van der Waals surface area contributed by atoms with Gasteiger partial charge in [0.2, 0.25) is 5.91 Å². The molecule has 0 saturated heterocycles. The predicted octanol–water partition coefficient (Wildman–Crippen LogP) is 6.92. The van der Waals surface area contributed by atoms with Crippen molar-refractivity contribution in [1.29, 1.82) is 0 Å². The first-order valence-corrected chi connectivity index (χ1v) is 12.8. The molecule has 3 rings (SSSR count). The molecule has 6 nitrogen and oxygen atoms in total. The molecule has 1 heterocycles. The van der Waals surface area contributed by atoms with Gasteiger partial charge in [-0.3, -0.25) is 4.79 Å². The Labute approximate surface area is 208 Å². The van der Waals surface area contributed by atoms with Crippen LogP contribution in [0.25, 0.3) is 0 Å². The van der Waals surface area contributed by atoms with E-state index >= 15 is 0 Å². The van der Waals surface area contributed by atoms with Gasteiger partial charge in [-0.05, 0) is 69.0 Å². The maximum absolute atomic E-state index is 12.6. The number of ether oxygens (including phenoxy) is 1. The van der Waals surface area contributed by atoms with Crippen molar-refractivity contribution in [2.45, 2.75) is 64.8 Å². The van der Waals surface area contributed by atoms with Gasteiger partial charge in [0.25, 0.3) is 0 Å². The topological polar surface area (TPSA) is 69.0 Å². The monoisotopic (exact) mass is 530 g/mol. The summed E-state index contributed by atoms with van der Waals surface area (Å²) in [5, 5.41) is 12.5. The standard InChI is InChI=1S/C25H31BrN4O2S/c1-15(2)20-9-7-8-10-22(20)32-18(6)24-28-29-25(30(24)16(3)4)33-14-23(31)27-21-12-11-19(26)13-17(21)5/h7-13,15-16,18H,14H2,1-6H3,(H,27,31). The summed E-state index contributed by atoms with van der Waals surface area (Å²) in [7, 11) is 0. The van der Waals surface area contributed by atoms with E-state index < -0.39 is 0 Å². The summed E-state index contributed by atoms with van der Waals surface area (Å²) in [5.74, 6) is 2.12. The van der Waals surface area contributed by atoms with Crippen LogP contribution in [0.4, 0.5) is 5.69 Å². The van der Waals surface area contributed by atoms with E-state index in [1.54, 1.807) is 0 Å². The Kier molecular flexibility index (Phi) is 8.59. The lowest BCUT2D eigenvalue weighted by atomic mass is 10.0. The van der Waals surface area contributed by atoms with Crippen molar-refractivity contribution in [3.8, 4) is 5.75 Å². The number of nitrogens with zero attached hydrogens (tertiary/aromatic N) is 3. The van der Waals surface area contributed by atoms with E-state index in [1.165, 1.54) is 11.8 Å². The molecule has 1 atom stereocenters. The van der Waals surface area contributed by atoms with Gasteiger partial charge in [-0.1, -0.05) is 59.7 Å². The molecule has 33 heavy (non-hydrogen) atoms. The number of para-hydroxylation sites is 1. The fourth-order valence-electron chi connectivity index (χ4n) is 3.54. The van der Waals surface area contributed by atoms with E-state index in [-0.39, 0.29) is 23.8 Å². The maximum atomic E-state index is 12.6. The van der Waals surface area contributed by atoms with E-state index in [2.05, 4.69) is 65.2 Å². The highest BCUT2D eigenvalue weighted by Gasteiger charge is 2.23. The van der Waals surface area contributed by atoms with E-state index in [4.69, 9.17) is 4.74 Å². The molecule has 176 valence electrons. The lowest BCUT2D eigenvalue weighted by Crippen LogP contribution is -2.17. The molecule has 3 aromatic rings. The SMILES string of the molecule is Cc1cc(Br)ccc1NC(=O)CSc1nnc(C(C)Oc2ccccc2C(C)C)n1C(C)C. The number of nitrogens with one attached hydrogen (secondary N) is 1. The minimum absolute atomic E-state index is 0.0829. The fraction of sp³-hybridized carbons (Fsp3) is 0.400. The molecule has 0 saturated carbocycles. The summed E-state index contributed by atoms with van der Waals surface area (Å²) in [4.78, 5) is 12.6. The maximum Gasteiger partial charge on any atom is 0.234 e. The number of benzene rings is 2. The number of aromatic nitrogens is 3. The summed E-state index contributed by atoms with van der Waals surface area (Å²) in [6, 6.07) is 14.0. The number of hydrogen-bond acceptors (Lipinski definition) is 5. The van der Waals surface area contributed by atoms with Crippen LogP contribution in [0.15, 0.2) is 52.1 Å². The molecule has 0 aliphatic carbocycles. The minimum atomic E-state index is -0.284. The first kappa shape index (κ1) is 25.3. The summed E-state index contributed by atoms with van der Waals surface area (Å²) in [5.41, 5.74) is 2.97. The number of amides is 1. The van der Waals surface area contributed by atoms with Gasteiger partial charge >= 0.3 is 0 Å². The van der Waals surface area contributed by atoms with E-state index in [9.17, 15) is 4.79 Å². The summed E-state index contributed by atoms with van der Waals surface area (Å²) < 4.78 is 9.34. The first-order valence-electron chi connectivity index (χ1n) is 11.1. The molecule has 0 radical (unpaired) electrons. The van der Waals surface area contributed by atoms with Crippen molar-refractivity contribution in [1.82, 2.24) is 14.8 Å². The Morgan fingerprint density at radius 1 is 1.12 bits per heavy atom. The van der Waals surface area contributed by atoms with Crippen LogP contribution in [0.3, 0.4) is 0 Å². The molecule has 0 aliphatic rings. The average molecular weight is 532 g/mol. The number of aryl methyl sites for hydroxylation is 1. The second-order valence-corrected chi connectivity index (χ2v) is 10.4. The van der Waals surface area contributed by atoms with Gasteiger partial charge in [-0.15, -0.1) is 10.2 Å². The van der Waals surface area contributed by atoms with Crippen molar-refractivity contribution in [2.24, 2.45) is 0 Å². The van der Waals surface area contributed by atoms with Gasteiger partial charge in [0.15, 0.2) is 17.1 Å². The quantitative estimate of drug-likeness (QED) is 0.304. The molecule has 1 amide bonds. The summed E-state index contributed by atoms with van der Waals surface area (Å²) >= 11 is 4.82. The molecular formula is C25H31BrN4O2S. The lowest BCUT2D eigenvalue weighted by molar-refractivity contribution is -0.113. The van der Waals surface area contributed by atoms with E-state index in [1.807, 2.05) is 54.8 Å². The van der Waals surface area contributed by atoms with Gasteiger partial charge in [-0.25, -0.2) is 0 Å². The zero-order chi connectivity index (χ0) is 24.1. The predicted molar refractivity (Wildman–Crippen MR) is 138 cm³/mol. The molecule has 1 N–H and O–H groups in total. The number of carbonyl (C=O) groups excluding carboxylic acids is 1. The Bertz CT molecular complexity index is 1110. The number of carbonyl (C=O) groups is 1. The van der Waals surface area contributed by atoms with Gasteiger partial charge in [0, 0.05) is 16.2 Å².